The Labute approximate surface area is 149 Å². The van der Waals surface area contributed by atoms with Gasteiger partial charge in [0.05, 0.1) is 17.0 Å². The summed E-state index contributed by atoms with van der Waals surface area (Å²) in [4.78, 5) is 11.5. The summed E-state index contributed by atoms with van der Waals surface area (Å²) in [5, 5.41) is 2.52. The number of aryl methyl sites for hydroxylation is 1. The van der Waals surface area contributed by atoms with E-state index in [0.29, 0.717) is 16.1 Å². The Morgan fingerprint density at radius 1 is 1.12 bits per heavy atom. The molecule has 0 unspecified atom stereocenters. The van der Waals surface area contributed by atoms with Crippen LogP contribution >= 0.6 is 0 Å². The lowest BCUT2D eigenvalue weighted by molar-refractivity contribution is -0.138. The Bertz CT molecular complexity index is 897. The molecule has 0 radical (unpaired) electrons. The van der Waals surface area contributed by atoms with E-state index in [0.717, 1.165) is 19.2 Å². The van der Waals surface area contributed by atoms with Crippen LogP contribution in [0.25, 0.3) is 0 Å². The summed E-state index contributed by atoms with van der Waals surface area (Å²) in [6.07, 6.45) is -4.67. The van der Waals surface area contributed by atoms with E-state index in [-0.39, 0.29) is 5.56 Å². The van der Waals surface area contributed by atoms with Crippen LogP contribution in [0.5, 0.6) is 0 Å². The van der Waals surface area contributed by atoms with E-state index in [1.54, 1.807) is 30.3 Å². The molecule has 5 nitrogen and oxygen atoms in total. The Morgan fingerprint density at radius 2 is 1.73 bits per heavy atom. The van der Waals surface area contributed by atoms with Crippen LogP contribution in [0.4, 0.5) is 18.9 Å². The molecule has 2 rings (SSSR count). The van der Waals surface area contributed by atoms with Crippen LogP contribution in [-0.2, 0) is 21.0 Å². The number of hydrogen-bond donors (Lipinski definition) is 1. The fourth-order valence-electron chi connectivity index (χ4n) is 2.26. The highest BCUT2D eigenvalue weighted by atomic mass is 32.2. The number of benzene rings is 2. The Kier molecular flexibility index (Phi) is 5.72. The van der Waals surface area contributed by atoms with Crippen LogP contribution in [0.1, 0.15) is 11.1 Å². The molecule has 0 heterocycles. The smallest absolute Gasteiger partial charge is 0.325 e. The molecule has 0 saturated heterocycles. The largest absolute Gasteiger partial charge is 0.416 e. The van der Waals surface area contributed by atoms with E-state index in [4.69, 9.17) is 0 Å². The summed E-state index contributed by atoms with van der Waals surface area (Å²) in [6, 6.07) is 11.2. The van der Waals surface area contributed by atoms with Crippen molar-refractivity contribution in [1.29, 1.82) is 0 Å². The molecule has 26 heavy (non-hydrogen) atoms. The van der Waals surface area contributed by atoms with Crippen LogP contribution in [0.2, 0.25) is 0 Å². The average Bonchev–Trinajstić information content (AvgIpc) is 2.54. The first kappa shape index (κ1) is 19.9. The van der Waals surface area contributed by atoms with E-state index < -0.39 is 39.1 Å². The maximum absolute atomic E-state index is 13.0. The molecule has 2 aromatic carbocycles. The second kappa shape index (κ2) is 7.46. The predicted molar refractivity (Wildman–Crippen MR) is 91.1 cm³/mol. The van der Waals surface area contributed by atoms with Crippen LogP contribution < -0.4 is 5.32 Å². The van der Waals surface area contributed by atoms with Gasteiger partial charge in [0.15, 0.2) is 0 Å². The molecule has 1 amide bonds. The lowest BCUT2D eigenvalue weighted by Gasteiger charge is -2.18. The third-order valence-electron chi connectivity index (χ3n) is 3.65. The van der Waals surface area contributed by atoms with Crippen molar-refractivity contribution in [3.8, 4) is 0 Å². The number of nitrogens with one attached hydrogen (secondary N) is 1. The summed E-state index contributed by atoms with van der Waals surface area (Å²) in [5.41, 5.74) is -0.625. The standard InChI is InChI=1S/C17H17F3N2O3S/c1-12-8-9-14(10-15(12)17(18,19)20)26(24,25)22(2)11-16(23)21-13-6-4-3-5-7-13/h3-10H,11H2,1-2H3,(H,21,23). The zero-order chi connectivity index (χ0) is 19.5. The topological polar surface area (TPSA) is 66.5 Å². The van der Waals surface area contributed by atoms with Crippen molar-refractivity contribution in [3.05, 3.63) is 59.7 Å². The van der Waals surface area contributed by atoms with Gasteiger partial charge < -0.3 is 5.32 Å². The maximum atomic E-state index is 13.0. The van der Waals surface area contributed by atoms with Crippen molar-refractivity contribution in [2.45, 2.75) is 18.0 Å². The molecule has 0 atom stereocenters. The van der Waals surface area contributed by atoms with Crippen LogP contribution in [0.3, 0.4) is 0 Å². The number of nitrogens with zero attached hydrogens (tertiary/aromatic N) is 1. The van der Waals surface area contributed by atoms with Crippen LogP contribution in [0, 0.1) is 6.92 Å². The quantitative estimate of drug-likeness (QED) is 0.858. The Morgan fingerprint density at radius 3 is 2.31 bits per heavy atom. The highest BCUT2D eigenvalue weighted by Crippen LogP contribution is 2.33. The monoisotopic (exact) mass is 386 g/mol. The number of amides is 1. The summed E-state index contributed by atoms with van der Waals surface area (Å²) in [6.45, 7) is 0.711. The van der Waals surface area contributed by atoms with E-state index in [2.05, 4.69) is 5.32 Å². The first-order valence-electron chi connectivity index (χ1n) is 7.51. The van der Waals surface area contributed by atoms with Crippen molar-refractivity contribution in [2.24, 2.45) is 0 Å². The maximum Gasteiger partial charge on any atom is 0.416 e. The van der Waals surface area contributed by atoms with Crippen molar-refractivity contribution < 1.29 is 26.4 Å². The van der Waals surface area contributed by atoms with Gasteiger partial charge in [-0.3, -0.25) is 4.79 Å². The zero-order valence-electron chi connectivity index (χ0n) is 14.0. The number of carbonyl (C=O) groups excluding carboxylic acids is 1. The third kappa shape index (κ3) is 4.61. The van der Waals surface area contributed by atoms with Crippen molar-refractivity contribution in [2.75, 3.05) is 18.9 Å². The second-order valence-electron chi connectivity index (χ2n) is 5.65. The van der Waals surface area contributed by atoms with E-state index >= 15 is 0 Å². The number of sulfonamides is 1. The molecule has 0 aromatic heterocycles. The summed E-state index contributed by atoms with van der Waals surface area (Å²) in [7, 11) is -3.12. The minimum atomic E-state index is -4.67. The fraction of sp³-hybridized carbons (Fsp3) is 0.235. The lowest BCUT2D eigenvalue weighted by atomic mass is 10.1. The fourth-order valence-corrected chi connectivity index (χ4v) is 3.41. The van der Waals surface area contributed by atoms with E-state index in [1.165, 1.54) is 6.92 Å². The van der Waals surface area contributed by atoms with E-state index in [1.807, 2.05) is 0 Å². The van der Waals surface area contributed by atoms with Gasteiger partial charge in [0.25, 0.3) is 0 Å². The van der Waals surface area contributed by atoms with Gasteiger partial charge >= 0.3 is 6.18 Å². The van der Waals surface area contributed by atoms with Gasteiger partial charge in [-0.2, -0.15) is 17.5 Å². The molecule has 140 valence electrons. The minimum absolute atomic E-state index is 0.0825. The summed E-state index contributed by atoms with van der Waals surface area (Å²) >= 11 is 0. The lowest BCUT2D eigenvalue weighted by Crippen LogP contribution is -2.35. The van der Waals surface area contributed by atoms with Crippen LogP contribution in [-0.4, -0.2) is 32.2 Å². The SMILES string of the molecule is Cc1ccc(S(=O)(=O)N(C)CC(=O)Nc2ccccc2)cc1C(F)(F)F. The molecule has 0 bridgehead atoms. The highest BCUT2D eigenvalue weighted by molar-refractivity contribution is 7.89. The predicted octanol–water partition coefficient (Wildman–Crippen LogP) is 3.27. The summed E-state index contributed by atoms with van der Waals surface area (Å²) in [5.74, 6) is -0.606. The molecule has 0 aliphatic heterocycles. The normalized spacial score (nSPS) is 12.2. The first-order chi connectivity index (χ1) is 12.0. The molecule has 0 spiro atoms. The van der Waals surface area contributed by atoms with Gasteiger partial charge in [-0.1, -0.05) is 24.3 Å². The number of anilines is 1. The number of rotatable bonds is 5. The number of alkyl halides is 3. The number of carbonyl (C=O) groups is 1. The van der Waals surface area contributed by atoms with Crippen LogP contribution in [0.15, 0.2) is 53.4 Å². The molecule has 1 N–H and O–H groups in total. The Balaban J connectivity index is 2.20. The van der Waals surface area contributed by atoms with Crippen molar-refractivity contribution in [1.82, 2.24) is 4.31 Å². The number of halogens is 3. The molecule has 2 aromatic rings. The first-order valence-corrected chi connectivity index (χ1v) is 8.95. The number of para-hydroxylation sites is 1. The third-order valence-corrected chi connectivity index (χ3v) is 5.45. The van der Waals surface area contributed by atoms with Crippen molar-refractivity contribution >= 4 is 21.6 Å². The van der Waals surface area contributed by atoms with E-state index in [9.17, 15) is 26.4 Å². The van der Waals surface area contributed by atoms with Crippen molar-refractivity contribution in [3.63, 3.8) is 0 Å². The zero-order valence-corrected chi connectivity index (χ0v) is 14.9. The molecule has 0 saturated carbocycles. The van der Waals surface area contributed by atoms with Gasteiger partial charge in [-0.15, -0.1) is 0 Å². The van der Waals surface area contributed by atoms with Gasteiger partial charge in [0.1, 0.15) is 0 Å². The minimum Gasteiger partial charge on any atom is -0.325 e. The second-order valence-corrected chi connectivity index (χ2v) is 7.69. The van der Waals surface area contributed by atoms with Gasteiger partial charge in [0, 0.05) is 12.7 Å². The molecule has 0 fully saturated rings. The Hall–Kier alpha value is -2.39. The number of likely N-dealkylation sites (N-methyl/N-ethyl adjacent to an activating group) is 1. The molecular weight excluding hydrogens is 369 g/mol. The molecular formula is C17H17F3N2O3S. The van der Waals surface area contributed by atoms with Gasteiger partial charge in [-0.05, 0) is 36.8 Å². The highest BCUT2D eigenvalue weighted by Gasteiger charge is 2.34. The average molecular weight is 386 g/mol. The summed E-state index contributed by atoms with van der Waals surface area (Å²) < 4.78 is 64.7. The van der Waals surface area contributed by atoms with Gasteiger partial charge in [0.2, 0.25) is 15.9 Å². The van der Waals surface area contributed by atoms with Gasteiger partial charge in [-0.25, -0.2) is 8.42 Å². The molecule has 0 aliphatic rings. The molecule has 9 heteroatoms. The number of hydrogen-bond acceptors (Lipinski definition) is 3. The molecule has 0 aliphatic carbocycles.